The van der Waals surface area contributed by atoms with E-state index in [1.807, 2.05) is 31.2 Å². The highest BCUT2D eigenvalue weighted by Gasteiger charge is 2.04. The highest BCUT2D eigenvalue weighted by atomic mass is 19.1. The molecule has 0 amide bonds. The summed E-state index contributed by atoms with van der Waals surface area (Å²) in [6.45, 7) is 2.54. The van der Waals surface area contributed by atoms with E-state index < -0.39 is 5.82 Å². The van der Waals surface area contributed by atoms with E-state index in [0.717, 1.165) is 17.9 Å². The predicted octanol–water partition coefficient (Wildman–Crippen LogP) is 3.75. The molecule has 0 fully saturated rings. The minimum absolute atomic E-state index is 0.209. The lowest BCUT2D eigenvalue weighted by molar-refractivity contribution is 0.104. The molecule has 0 radical (unpaired) electrons. The largest absolute Gasteiger partial charge is 0.497 e. The smallest absolute Gasteiger partial charge is 0.187 e. The Morgan fingerprint density at radius 2 is 1.96 bits per heavy atom. The van der Waals surface area contributed by atoms with Gasteiger partial charge in [-0.2, -0.15) is 0 Å². The maximum absolute atomic E-state index is 13.1. The Labute approximate surface area is 135 Å². The fourth-order valence-electron chi connectivity index (χ4n) is 2.17. The zero-order valence-corrected chi connectivity index (χ0v) is 13.3. The van der Waals surface area contributed by atoms with Crippen LogP contribution in [0.15, 0.2) is 60.3 Å². The summed E-state index contributed by atoms with van der Waals surface area (Å²) in [6.07, 6.45) is 2.33. The summed E-state index contributed by atoms with van der Waals surface area (Å²) in [5, 5.41) is 3.19. The first kappa shape index (κ1) is 16.7. The molecular formula is C19H20FNO2. The second-order valence-corrected chi connectivity index (χ2v) is 5.23. The van der Waals surface area contributed by atoms with Gasteiger partial charge in [-0.1, -0.05) is 24.3 Å². The van der Waals surface area contributed by atoms with Crippen LogP contribution in [-0.2, 0) is 6.42 Å². The maximum atomic E-state index is 13.1. The molecule has 0 aliphatic rings. The van der Waals surface area contributed by atoms with Crippen LogP contribution in [-0.4, -0.2) is 19.4 Å². The normalized spacial score (nSPS) is 11.2. The molecule has 0 saturated carbocycles. The van der Waals surface area contributed by atoms with Gasteiger partial charge in [0, 0.05) is 23.9 Å². The van der Waals surface area contributed by atoms with Gasteiger partial charge < -0.3 is 10.1 Å². The highest BCUT2D eigenvalue weighted by molar-refractivity contribution is 6.04. The molecule has 120 valence electrons. The van der Waals surface area contributed by atoms with Crippen molar-refractivity contribution in [3.8, 4) is 5.75 Å². The molecule has 0 atom stereocenters. The molecule has 4 heteroatoms. The maximum Gasteiger partial charge on any atom is 0.187 e. The van der Waals surface area contributed by atoms with E-state index in [0.29, 0.717) is 12.1 Å². The van der Waals surface area contributed by atoms with Crippen molar-refractivity contribution < 1.29 is 13.9 Å². The van der Waals surface area contributed by atoms with Gasteiger partial charge in [-0.3, -0.25) is 4.79 Å². The van der Waals surface area contributed by atoms with Crippen LogP contribution in [0.1, 0.15) is 22.8 Å². The number of methoxy groups -OCH3 is 1. The van der Waals surface area contributed by atoms with Gasteiger partial charge in [-0.05, 0) is 43.2 Å². The fraction of sp³-hybridized carbons (Fsp3) is 0.211. The van der Waals surface area contributed by atoms with E-state index in [2.05, 4.69) is 5.32 Å². The van der Waals surface area contributed by atoms with Crippen LogP contribution in [0.4, 0.5) is 4.39 Å². The summed E-state index contributed by atoms with van der Waals surface area (Å²) in [6, 6.07) is 13.6. The van der Waals surface area contributed by atoms with Crippen LogP contribution in [0.5, 0.6) is 5.75 Å². The topological polar surface area (TPSA) is 38.3 Å². The number of benzene rings is 2. The second-order valence-electron chi connectivity index (χ2n) is 5.23. The standard InChI is InChI=1S/C19H20FNO2/c1-14(12-19(22)16-4-3-5-17(20)13-16)21-11-10-15-6-8-18(23-2)9-7-15/h3-9,12-13,21H,10-11H2,1-2H3/b14-12-. The third-order valence-corrected chi connectivity index (χ3v) is 3.43. The van der Waals surface area contributed by atoms with Crippen molar-refractivity contribution in [2.45, 2.75) is 13.3 Å². The van der Waals surface area contributed by atoms with Crippen LogP contribution in [0.2, 0.25) is 0 Å². The van der Waals surface area contributed by atoms with Gasteiger partial charge in [-0.15, -0.1) is 0 Å². The van der Waals surface area contributed by atoms with Gasteiger partial charge in [-0.25, -0.2) is 4.39 Å². The Bertz CT molecular complexity index is 693. The summed E-state index contributed by atoms with van der Waals surface area (Å²) in [4.78, 5) is 12.0. The monoisotopic (exact) mass is 313 g/mol. The molecule has 23 heavy (non-hydrogen) atoms. The lowest BCUT2D eigenvalue weighted by atomic mass is 10.1. The number of allylic oxidation sites excluding steroid dienone is 2. The van der Waals surface area contributed by atoms with Gasteiger partial charge in [0.25, 0.3) is 0 Å². The number of carbonyl (C=O) groups excluding carboxylic acids is 1. The fourth-order valence-corrected chi connectivity index (χ4v) is 2.17. The van der Waals surface area contributed by atoms with E-state index in [9.17, 15) is 9.18 Å². The molecule has 1 N–H and O–H groups in total. The zero-order valence-electron chi connectivity index (χ0n) is 13.3. The minimum Gasteiger partial charge on any atom is -0.497 e. The van der Waals surface area contributed by atoms with E-state index in [1.165, 1.54) is 29.8 Å². The number of carbonyl (C=O) groups is 1. The highest BCUT2D eigenvalue weighted by Crippen LogP contribution is 2.11. The van der Waals surface area contributed by atoms with Crippen LogP contribution < -0.4 is 10.1 Å². The molecule has 0 spiro atoms. The third kappa shape index (κ3) is 5.25. The van der Waals surface area contributed by atoms with Crippen molar-refractivity contribution >= 4 is 5.78 Å². The SMILES string of the molecule is COc1ccc(CCN/C(C)=C\C(=O)c2cccc(F)c2)cc1. The zero-order chi connectivity index (χ0) is 16.7. The number of rotatable bonds is 7. The van der Waals surface area contributed by atoms with E-state index in [4.69, 9.17) is 4.74 Å². The summed E-state index contributed by atoms with van der Waals surface area (Å²) in [7, 11) is 1.64. The van der Waals surface area contributed by atoms with Gasteiger partial charge in [0.05, 0.1) is 7.11 Å². The Morgan fingerprint density at radius 1 is 1.22 bits per heavy atom. The second kappa shape index (κ2) is 8.13. The van der Waals surface area contributed by atoms with Gasteiger partial charge in [0.1, 0.15) is 11.6 Å². The van der Waals surface area contributed by atoms with Crippen molar-refractivity contribution in [3.05, 3.63) is 77.2 Å². The molecule has 0 heterocycles. The van der Waals surface area contributed by atoms with Gasteiger partial charge >= 0.3 is 0 Å². The van der Waals surface area contributed by atoms with Crippen LogP contribution in [0, 0.1) is 5.82 Å². The molecule has 0 saturated heterocycles. The van der Waals surface area contributed by atoms with E-state index in [1.54, 1.807) is 13.2 Å². The summed E-state index contributed by atoms with van der Waals surface area (Å²) >= 11 is 0. The molecular weight excluding hydrogens is 293 g/mol. The number of ketones is 1. The van der Waals surface area contributed by atoms with Gasteiger partial charge in [0.15, 0.2) is 5.78 Å². The third-order valence-electron chi connectivity index (χ3n) is 3.43. The van der Waals surface area contributed by atoms with Gasteiger partial charge in [0.2, 0.25) is 0 Å². The van der Waals surface area contributed by atoms with E-state index >= 15 is 0 Å². The summed E-state index contributed by atoms with van der Waals surface area (Å²) in [5.74, 6) is 0.215. The molecule has 2 rings (SSSR count). The molecule has 0 aliphatic carbocycles. The lowest BCUT2D eigenvalue weighted by Gasteiger charge is -2.07. The quantitative estimate of drug-likeness (QED) is 0.625. The molecule has 0 bridgehead atoms. The molecule has 3 nitrogen and oxygen atoms in total. The summed E-state index contributed by atoms with van der Waals surface area (Å²) in [5.41, 5.74) is 2.29. The molecule has 0 aromatic heterocycles. The number of hydrogen-bond acceptors (Lipinski definition) is 3. The first-order chi connectivity index (χ1) is 11.1. The first-order valence-electron chi connectivity index (χ1n) is 7.43. The molecule has 2 aromatic carbocycles. The molecule has 2 aromatic rings. The number of nitrogens with one attached hydrogen (secondary N) is 1. The number of halogens is 1. The van der Waals surface area contributed by atoms with Crippen molar-refractivity contribution in [2.24, 2.45) is 0 Å². The van der Waals surface area contributed by atoms with Crippen LogP contribution in [0.3, 0.4) is 0 Å². The number of ether oxygens (including phenoxy) is 1. The Kier molecular flexibility index (Phi) is 5.92. The Morgan fingerprint density at radius 3 is 2.61 bits per heavy atom. The Hall–Kier alpha value is -2.62. The lowest BCUT2D eigenvalue weighted by Crippen LogP contribution is -2.16. The summed E-state index contributed by atoms with van der Waals surface area (Å²) < 4.78 is 18.2. The van der Waals surface area contributed by atoms with Crippen molar-refractivity contribution in [2.75, 3.05) is 13.7 Å². The van der Waals surface area contributed by atoms with Crippen molar-refractivity contribution in [1.29, 1.82) is 0 Å². The predicted molar refractivity (Wildman–Crippen MR) is 89.2 cm³/mol. The first-order valence-corrected chi connectivity index (χ1v) is 7.43. The van der Waals surface area contributed by atoms with Crippen LogP contribution >= 0.6 is 0 Å². The van der Waals surface area contributed by atoms with Crippen molar-refractivity contribution in [1.82, 2.24) is 5.32 Å². The Balaban J connectivity index is 1.85. The van der Waals surface area contributed by atoms with Crippen LogP contribution in [0.25, 0.3) is 0 Å². The average Bonchev–Trinajstić information content (AvgIpc) is 2.55. The van der Waals surface area contributed by atoms with Crippen molar-refractivity contribution in [3.63, 3.8) is 0 Å². The minimum atomic E-state index is -0.408. The number of hydrogen-bond donors (Lipinski definition) is 1. The van der Waals surface area contributed by atoms with E-state index in [-0.39, 0.29) is 5.78 Å². The molecule has 0 aliphatic heterocycles. The average molecular weight is 313 g/mol. The molecule has 0 unspecified atom stereocenters.